The quantitative estimate of drug-likeness (QED) is 0.310. The number of carbonyl (C=O) groups excluding carboxylic acids is 4. The molecule has 0 aromatic heterocycles. The van der Waals surface area contributed by atoms with E-state index in [1.807, 2.05) is 0 Å². The highest BCUT2D eigenvalue weighted by Gasteiger charge is 2.34. The summed E-state index contributed by atoms with van der Waals surface area (Å²) in [6.45, 7) is 1.99. The first-order chi connectivity index (χ1) is 14.5. The van der Waals surface area contributed by atoms with Gasteiger partial charge in [0, 0.05) is 24.9 Å². The predicted molar refractivity (Wildman–Crippen MR) is 114 cm³/mol. The van der Waals surface area contributed by atoms with Gasteiger partial charge in [0.2, 0.25) is 17.7 Å². The normalized spacial score (nSPS) is 27.5. The van der Waals surface area contributed by atoms with Crippen molar-refractivity contribution in [1.29, 1.82) is 0 Å². The topological polar surface area (TPSA) is 130 Å². The van der Waals surface area contributed by atoms with Crippen molar-refractivity contribution in [3.05, 3.63) is 0 Å². The number of aldehydes is 1. The fourth-order valence-corrected chi connectivity index (χ4v) is 4.70. The van der Waals surface area contributed by atoms with Gasteiger partial charge in [0.25, 0.3) is 0 Å². The van der Waals surface area contributed by atoms with Gasteiger partial charge >= 0.3 is 0 Å². The molecule has 2 aliphatic rings. The molecule has 2 aliphatic carbocycles. The van der Waals surface area contributed by atoms with E-state index in [1.165, 1.54) is 6.92 Å². The third kappa shape index (κ3) is 7.38. The van der Waals surface area contributed by atoms with Crippen molar-refractivity contribution in [3.63, 3.8) is 0 Å². The van der Waals surface area contributed by atoms with Gasteiger partial charge in [0.1, 0.15) is 12.3 Å². The molecule has 4 unspecified atom stereocenters. The molecule has 0 spiro atoms. The summed E-state index contributed by atoms with van der Waals surface area (Å²) in [6.07, 6.45) is 9.88. The smallest absolute Gasteiger partial charge is 0.242 e. The third-order valence-corrected chi connectivity index (χ3v) is 6.39. The van der Waals surface area contributed by atoms with Gasteiger partial charge in [0.05, 0.1) is 5.92 Å². The lowest BCUT2D eigenvalue weighted by molar-refractivity contribution is -0.134. The molecule has 8 nitrogen and oxygen atoms in total. The Hall–Kier alpha value is -1.96. The molecule has 0 heterocycles. The van der Waals surface area contributed by atoms with Crippen LogP contribution in [-0.2, 0) is 19.2 Å². The molecule has 5 atom stereocenters. The van der Waals surface area contributed by atoms with Crippen LogP contribution in [0.4, 0.5) is 0 Å². The summed E-state index contributed by atoms with van der Waals surface area (Å²) in [7, 11) is 0. The van der Waals surface area contributed by atoms with Crippen LogP contribution in [0.5, 0.6) is 0 Å². The number of nitrogens with one attached hydrogen (secondary N) is 3. The number of carbonyl (C=O) groups is 4. The van der Waals surface area contributed by atoms with Crippen LogP contribution in [0.15, 0.2) is 0 Å². The minimum absolute atomic E-state index is 0.144. The number of hydrogen-bond acceptors (Lipinski definition) is 5. The van der Waals surface area contributed by atoms with Crippen LogP contribution in [0.2, 0.25) is 0 Å². The van der Waals surface area contributed by atoms with Crippen molar-refractivity contribution in [3.8, 4) is 0 Å². The van der Waals surface area contributed by atoms with Gasteiger partial charge in [-0.1, -0.05) is 25.7 Å². The van der Waals surface area contributed by atoms with Crippen molar-refractivity contribution >= 4 is 24.0 Å². The number of unbranched alkanes of at least 4 members (excludes halogenated alkanes) is 1. The minimum Gasteiger partial charge on any atom is -0.353 e. The second-order valence-corrected chi connectivity index (χ2v) is 8.74. The summed E-state index contributed by atoms with van der Waals surface area (Å²) in [6, 6.07) is -1.01. The van der Waals surface area contributed by atoms with E-state index in [1.54, 1.807) is 0 Å². The Morgan fingerprint density at radius 2 is 1.63 bits per heavy atom. The van der Waals surface area contributed by atoms with Gasteiger partial charge in [-0.25, -0.2) is 0 Å². The van der Waals surface area contributed by atoms with Crippen molar-refractivity contribution in [2.24, 2.45) is 17.6 Å². The lowest BCUT2D eigenvalue weighted by Gasteiger charge is -2.33. The number of rotatable bonds is 10. The summed E-state index contributed by atoms with van der Waals surface area (Å²) in [5.74, 6) is -1.05. The number of amides is 3. The number of nitrogens with two attached hydrogens (primary N) is 1. The zero-order valence-electron chi connectivity index (χ0n) is 18.2. The zero-order chi connectivity index (χ0) is 21.9. The maximum absolute atomic E-state index is 13.0. The fraction of sp³-hybridized carbons (Fsp3) is 0.818. The highest BCUT2D eigenvalue weighted by atomic mass is 16.2. The van der Waals surface area contributed by atoms with Crippen LogP contribution in [0.3, 0.4) is 0 Å². The molecule has 0 radical (unpaired) electrons. The first-order valence-corrected chi connectivity index (χ1v) is 11.5. The van der Waals surface area contributed by atoms with Crippen LogP contribution in [0.1, 0.15) is 77.6 Å². The molecular weight excluding hydrogens is 384 g/mol. The van der Waals surface area contributed by atoms with E-state index in [-0.39, 0.29) is 41.6 Å². The SMILES string of the molecule is CC(=O)NC1CCCCC1C(=O)NC(CCCCN)C(=O)NC1CCCC[C@@H]1C=O. The van der Waals surface area contributed by atoms with E-state index in [0.717, 1.165) is 64.1 Å². The lowest BCUT2D eigenvalue weighted by Crippen LogP contribution is -2.55. The molecule has 0 aliphatic heterocycles. The molecule has 2 rings (SSSR count). The molecule has 0 saturated heterocycles. The number of hydrogen-bond donors (Lipinski definition) is 4. The van der Waals surface area contributed by atoms with E-state index in [0.29, 0.717) is 19.4 Å². The summed E-state index contributed by atoms with van der Waals surface area (Å²) in [5.41, 5.74) is 5.59. The second-order valence-electron chi connectivity index (χ2n) is 8.74. The fourth-order valence-electron chi connectivity index (χ4n) is 4.70. The molecule has 0 bridgehead atoms. The van der Waals surface area contributed by atoms with Gasteiger partial charge in [-0.3, -0.25) is 14.4 Å². The zero-order valence-corrected chi connectivity index (χ0v) is 18.2. The van der Waals surface area contributed by atoms with Crippen molar-refractivity contribution in [1.82, 2.24) is 16.0 Å². The van der Waals surface area contributed by atoms with E-state index >= 15 is 0 Å². The van der Waals surface area contributed by atoms with E-state index in [9.17, 15) is 19.2 Å². The Bertz CT molecular complexity index is 598. The molecule has 0 aromatic carbocycles. The lowest BCUT2D eigenvalue weighted by atomic mass is 9.83. The molecule has 170 valence electrons. The van der Waals surface area contributed by atoms with Gasteiger partial charge in [-0.05, 0) is 51.5 Å². The molecular formula is C22H38N4O4. The summed E-state index contributed by atoms with van der Waals surface area (Å²) in [4.78, 5) is 48.9. The molecule has 2 fully saturated rings. The average molecular weight is 423 g/mol. The molecule has 8 heteroatoms. The first-order valence-electron chi connectivity index (χ1n) is 11.5. The van der Waals surface area contributed by atoms with Crippen LogP contribution in [-0.4, -0.2) is 48.7 Å². The Morgan fingerprint density at radius 3 is 2.30 bits per heavy atom. The van der Waals surface area contributed by atoms with Crippen molar-refractivity contribution in [2.75, 3.05) is 6.54 Å². The van der Waals surface area contributed by atoms with Crippen LogP contribution in [0.25, 0.3) is 0 Å². The van der Waals surface area contributed by atoms with Crippen molar-refractivity contribution < 1.29 is 19.2 Å². The third-order valence-electron chi connectivity index (χ3n) is 6.39. The van der Waals surface area contributed by atoms with E-state index < -0.39 is 6.04 Å². The Balaban J connectivity index is 2.03. The van der Waals surface area contributed by atoms with Crippen LogP contribution >= 0.6 is 0 Å². The summed E-state index contributed by atoms with van der Waals surface area (Å²) in [5, 5.41) is 8.84. The highest BCUT2D eigenvalue weighted by molar-refractivity contribution is 5.89. The first kappa shape index (κ1) is 24.3. The second kappa shape index (κ2) is 12.7. The Labute approximate surface area is 179 Å². The van der Waals surface area contributed by atoms with Gasteiger partial charge < -0.3 is 26.5 Å². The molecule has 3 amide bonds. The van der Waals surface area contributed by atoms with Gasteiger partial charge in [-0.15, -0.1) is 0 Å². The Kier molecular flexibility index (Phi) is 10.3. The highest BCUT2D eigenvalue weighted by Crippen LogP contribution is 2.26. The minimum atomic E-state index is -0.654. The standard InChI is InChI=1S/C22H38N4O4/c1-15(28)24-19-11-5-3-9-17(19)21(29)26-20(12-6-7-13-23)22(30)25-18-10-4-2-8-16(18)14-27/h14,16-20H,2-13,23H2,1H3,(H,24,28)(H,25,30)(H,26,29)/t16-,17?,18?,19?,20?/m1/s1. The molecule has 30 heavy (non-hydrogen) atoms. The monoisotopic (exact) mass is 422 g/mol. The summed E-state index contributed by atoms with van der Waals surface area (Å²) >= 11 is 0. The van der Waals surface area contributed by atoms with E-state index in [4.69, 9.17) is 5.73 Å². The predicted octanol–water partition coefficient (Wildman–Crippen LogP) is 1.17. The summed E-state index contributed by atoms with van der Waals surface area (Å²) < 4.78 is 0. The van der Waals surface area contributed by atoms with Crippen molar-refractivity contribution in [2.45, 2.75) is 95.7 Å². The largest absolute Gasteiger partial charge is 0.353 e. The van der Waals surface area contributed by atoms with Gasteiger partial charge in [-0.2, -0.15) is 0 Å². The Morgan fingerprint density at radius 1 is 0.967 bits per heavy atom. The maximum Gasteiger partial charge on any atom is 0.242 e. The molecule has 2 saturated carbocycles. The van der Waals surface area contributed by atoms with Crippen LogP contribution in [0, 0.1) is 11.8 Å². The average Bonchev–Trinajstić information content (AvgIpc) is 2.73. The van der Waals surface area contributed by atoms with Gasteiger partial charge in [0.15, 0.2) is 0 Å². The molecule has 5 N–H and O–H groups in total. The molecule has 0 aromatic rings. The van der Waals surface area contributed by atoms with Crippen LogP contribution < -0.4 is 21.7 Å². The van der Waals surface area contributed by atoms with E-state index in [2.05, 4.69) is 16.0 Å². The maximum atomic E-state index is 13.0.